The molecule has 2 N–H and O–H groups in total. The maximum atomic E-state index is 5.62. The number of halogens is 1. The van der Waals surface area contributed by atoms with Crippen molar-refractivity contribution in [1.82, 2.24) is 15.5 Å². The Morgan fingerprint density at radius 2 is 2.00 bits per heavy atom. The van der Waals surface area contributed by atoms with Crippen LogP contribution in [0.15, 0.2) is 4.99 Å². The Kier molecular flexibility index (Phi) is 15.3. The minimum Gasteiger partial charge on any atom is -0.385 e. The molecule has 0 amide bonds. The summed E-state index contributed by atoms with van der Waals surface area (Å²) in [7, 11) is 3.87. The van der Waals surface area contributed by atoms with E-state index >= 15 is 0 Å². The molecule has 6 nitrogen and oxygen atoms in total. The highest BCUT2D eigenvalue weighted by Gasteiger charge is 2.20. The Bertz CT molecular complexity index is 302. The Hall–Kier alpha value is -0.120. The number of hydrogen-bond donors (Lipinski definition) is 2. The molecule has 0 aromatic heterocycles. The summed E-state index contributed by atoms with van der Waals surface area (Å²) in [5, 5.41) is 6.58. The van der Waals surface area contributed by atoms with E-state index in [1.165, 1.54) is 12.8 Å². The number of aliphatic imine (C=N–C) groups is 1. The van der Waals surface area contributed by atoms with Gasteiger partial charge in [0, 0.05) is 46.5 Å². The van der Waals surface area contributed by atoms with Crippen molar-refractivity contribution in [2.24, 2.45) is 10.9 Å². The second kappa shape index (κ2) is 15.4. The largest absolute Gasteiger partial charge is 0.385 e. The van der Waals surface area contributed by atoms with Crippen molar-refractivity contribution in [3.05, 3.63) is 0 Å². The van der Waals surface area contributed by atoms with E-state index in [0.29, 0.717) is 0 Å². The van der Waals surface area contributed by atoms with Crippen LogP contribution in [0.4, 0.5) is 0 Å². The number of likely N-dealkylation sites (N-methyl/N-ethyl adjacent to an activating group) is 1. The van der Waals surface area contributed by atoms with Crippen LogP contribution in [0.5, 0.6) is 0 Å². The summed E-state index contributed by atoms with van der Waals surface area (Å²) in [5.74, 6) is 1.71. The molecule has 0 spiro atoms. The van der Waals surface area contributed by atoms with Crippen molar-refractivity contribution < 1.29 is 9.47 Å². The van der Waals surface area contributed by atoms with Crippen LogP contribution in [0, 0.1) is 5.92 Å². The van der Waals surface area contributed by atoms with Crippen LogP contribution in [0.2, 0.25) is 0 Å². The molecule has 0 heterocycles. The first kappa shape index (κ1) is 22.9. The normalized spacial score (nSPS) is 14.7. The molecule has 0 radical (unpaired) electrons. The lowest BCUT2D eigenvalue weighted by molar-refractivity contribution is 0.129. The molecule has 0 aliphatic heterocycles. The van der Waals surface area contributed by atoms with Crippen LogP contribution in [0.1, 0.15) is 26.2 Å². The van der Waals surface area contributed by atoms with Crippen LogP contribution >= 0.6 is 24.0 Å². The van der Waals surface area contributed by atoms with Gasteiger partial charge >= 0.3 is 0 Å². The molecule has 0 atom stereocenters. The molecular weight excluding hydrogens is 407 g/mol. The van der Waals surface area contributed by atoms with Gasteiger partial charge in [0.15, 0.2) is 5.96 Å². The Morgan fingerprint density at radius 3 is 2.65 bits per heavy atom. The van der Waals surface area contributed by atoms with E-state index < -0.39 is 0 Å². The zero-order valence-corrected chi connectivity index (χ0v) is 17.3. The lowest BCUT2D eigenvalue weighted by atomic mass is 10.4. The molecule has 0 saturated heterocycles. The predicted molar refractivity (Wildman–Crippen MR) is 107 cm³/mol. The second-order valence-electron chi connectivity index (χ2n) is 5.86. The maximum absolute atomic E-state index is 5.62. The zero-order chi connectivity index (χ0) is 16.0. The number of hydrogen-bond acceptors (Lipinski definition) is 4. The summed E-state index contributed by atoms with van der Waals surface area (Å²) >= 11 is 0. The first-order valence-corrected chi connectivity index (χ1v) is 8.53. The fourth-order valence-corrected chi connectivity index (χ4v) is 2.04. The minimum atomic E-state index is 0. The molecule has 0 bridgehead atoms. The molecule has 1 saturated carbocycles. The highest BCUT2D eigenvalue weighted by atomic mass is 127. The standard InChI is InChI=1S/C16H34N4O2.HI/c1-4-17-16(19-9-13-22-14-15-6-7-15)18-8-11-20(2)10-5-12-21-3;/h15H,4-14H2,1-3H3,(H2,17,18,19);1H. The van der Waals surface area contributed by atoms with Crippen molar-refractivity contribution in [3.63, 3.8) is 0 Å². The smallest absolute Gasteiger partial charge is 0.191 e. The molecule has 138 valence electrons. The van der Waals surface area contributed by atoms with E-state index in [1.807, 2.05) is 0 Å². The number of ether oxygens (including phenoxy) is 2. The SMILES string of the molecule is CCNC(=NCCN(C)CCCOC)NCCOCC1CC1.I. The van der Waals surface area contributed by atoms with E-state index in [0.717, 1.165) is 70.8 Å². The van der Waals surface area contributed by atoms with Crippen LogP contribution in [-0.4, -0.2) is 77.6 Å². The van der Waals surface area contributed by atoms with E-state index in [2.05, 4.69) is 34.5 Å². The highest BCUT2D eigenvalue weighted by Crippen LogP contribution is 2.28. The van der Waals surface area contributed by atoms with Crippen molar-refractivity contribution in [2.75, 3.05) is 66.7 Å². The number of nitrogens with one attached hydrogen (secondary N) is 2. The molecule has 1 aliphatic rings. The molecule has 23 heavy (non-hydrogen) atoms. The zero-order valence-electron chi connectivity index (χ0n) is 15.0. The molecule has 7 heteroatoms. The van der Waals surface area contributed by atoms with Crippen molar-refractivity contribution >= 4 is 29.9 Å². The van der Waals surface area contributed by atoms with Gasteiger partial charge in [0.05, 0.1) is 13.2 Å². The molecule has 0 unspecified atom stereocenters. The predicted octanol–water partition coefficient (Wildman–Crippen LogP) is 1.55. The number of nitrogens with zero attached hydrogens (tertiary/aromatic N) is 2. The topological polar surface area (TPSA) is 58.1 Å². The van der Waals surface area contributed by atoms with E-state index in [4.69, 9.17) is 9.47 Å². The van der Waals surface area contributed by atoms with Crippen LogP contribution in [0.25, 0.3) is 0 Å². The Labute approximate surface area is 158 Å². The average molecular weight is 442 g/mol. The van der Waals surface area contributed by atoms with Gasteiger partial charge in [-0.1, -0.05) is 0 Å². The van der Waals surface area contributed by atoms with Gasteiger partial charge < -0.3 is 25.0 Å². The number of guanidine groups is 1. The fourth-order valence-electron chi connectivity index (χ4n) is 2.04. The summed E-state index contributed by atoms with van der Waals surface area (Å²) in [5.41, 5.74) is 0. The maximum Gasteiger partial charge on any atom is 0.191 e. The Balaban J connectivity index is 0.00000484. The lowest BCUT2D eigenvalue weighted by Crippen LogP contribution is -2.39. The van der Waals surface area contributed by atoms with Gasteiger partial charge in [-0.25, -0.2) is 0 Å². The van der Waals surface area contributed by atoms with Gasteiger partial charge in [-0.3, -0.25) is 4.99 Å². The summed E-state index contributed by atoms with van der Waals surface area (Å²) < 4.78 is 10.7. The monoisotopic (exact) mass is 442 g/mol. The van der Waals surface area contributed by atoms with E-state index in [9.17, 15) is 0 Å². The minimum absolute atomic E-state index is 0. The third-order valence-corrected chi connectivity index (χ3v) is 3.57. The van der Waals surface area contributed by atoms with Crippen molar-refractivity contribution in [1.29, 1.82) is 0 Å². The van der Waals surface area contributed by atoms with Gasteiger partial charge in [0.2, 0.25) is 0 Å². The summed E-state index contributed by atoms with van der Waals surface area (Å²) in [6, 6.07) is 0. The van der Waals surface area contributed by atoms with E-state index in [-0.39, 0.29) is 24.0 Å². The first-order chi connectivity index (χ1) is 10.8. The first-order valence-electron chi connectivity index (χ1n) is 8.53. The third kappa shape index (κ3) is 14.0. The summed E-state index contributed by atoms with van der Waals surface area (Å²) in [6.07, 6.45) is 3.75. The molecule has 1 fully saturated rings. The van der Waals surface area contributed by atoms with Gasteiger partial charge in [-0.15, -0.1) is 24.0 Å². The number of methoxy groups -OCH3 is 1. The Morgan fingerprint density at radius 1 is 1.22 bits per heavy atom. The van der Waals surface area contributed by atoms with Crippen LogP contribution < -0.4 is 10.6 Å². The quantitative estimate of drug-likeness (QED) is 0.196. The highest BCUT2D eigenvalue weighted by molar-refractivity contribution is 14.0. The van der Waals surface area contributed by atoms with Gasteiger partial charge in [-0.2, -0.15) is 0 Å². The molecule has 1 rings (SSSR count). The van der Waals surface area contributed by atoms with Crippen molar-refractivity contribution in [3.8, 4) is 0 Å². The molecule has 0 aromatic rings. The lowest BCUT2D eigenvalue weighted by Gasteiger charge is -2.16. The van der Waals surface area contributed by atoms with Crippen LogP contribution in [0.3, 0.4) is 0 Å². The fraction of sp³-hybridized carbons (Fsp3) is 0.938. The molecular formula is C16H35IN4O2. The molecule has 1 aliphatic carbocycles. The summed E-state index contributed by atoms with van der Waals surface area (Å²) in [4.78, 5) is 6.88. The van der Waals surface area contributed by atoms with Crippen molar-refractivity contribution in [2.45, 2.75) is 26.2 Å². The van der Waals surface area contributed by atoms with Gasteiger partial charge in [0.1, 0.15) is 0 Å². The average Bonchev–Trinajstić information content (AvgIpc) is 3.31. The second-order valence-corrected chi connectivity index (χ2v) is 5.86. The van der Waals surface area contributed by atoms with Crippen LogP contribution in [-0.2, 0) is 9.47 Å². The summed E-state index contributed by atoms with van der Waals surface area (Å²) in [6.45, 7) is 9.04. The van der Waals surface area contributed by atoms with Gasteiger partial charge in [0.25, 0.3) is 0 Å². The number of rotatable bonds is 13. The third-order valence-electron chi connectivity index (χ3n) is 3.57. The molecule has 0 aromatic carbocycles. The van der Waals surface area contributed by atoms with E-state index in [1.54, 1.807) is 7.11 Å². The van der Waals surface area contributed by atoms with Gasteiger partial charge in [-0.05, 0) is 39.2 Å².